The number of nitro benzene ring substituents is 1. The molecule has 9 nitrogen and oxygen atoms in total. The molecular formula is C14H15N7O2S2. The van der Waals surface area contributed by atoms with Crippen LogP contribution >= 0.6 is 23.1 Å². The lowest BCUT2D eigenvalue weighted by Crippen LogP contribution is -2.23. The zero-order valence-electron chi connectivity index (χ0n) is 13.1. The maximum absolute atomic E-state index is 10.7. The minimum atomic E-state index is -0.432. The van der Waals surface area contributed by atoms with Gasteiger partial charge in [-0.25, -0.2) is 4.98 Å². The normalized spacial score (nSPS) is 19.3. The van der Waals surface area contributed by atoms with Crippen molar-refractivity contribution in [3.05, 3.63) is 45.5 Å². The van der Waals surface area contributed by atoms with Gasteiger partial charge in [-0.2, -0.15) is 4.99 Å². The number of aromatic nitrogens is 1. The Bertz CT molecular complexity index is 843. The molecule has 2 atom stereocenters. The van der Waals surface area contributed by atoms with Crippen LogP contribution in [-0.4, -0.2) is 27.1 Å². The molecule has 2 unspecified atom stereocenters. The predicted molar refractivity (Wildman–Crippen MR) is 102 cm³/mol. The van der Waals surface area contributed by atoms with Crippen LogP contribution in [0.2, 0.25) is 0 Å². The van der Waals surface area contributed by atoms with Gasteiger partial charge in [0.1, 0.15) is 0 Å². The van der Waals surface area contributed by atoms with Gasteiger partial charge in [-0.05, 0) is 19.1 Å². The standard InChI is InChI=1S/C14H15N7O2S2/c1-7-11(25-14(18-7)20-12(15)16)10-6-17-13(24-10)19-8-2-4-9(5-3-8)21(22)23/h2-7,11H,1H3,(H,17,19)(H4,15,16,18,20). The number of nitrogens with zero attached hydrogens (tertiary/aromatic N) is 4. The monoisotopic (exact) mass is 377 g/mol. The summed E-state index contributed by atoms with van der Waals surface area (Å²) in [5.41, 5.74) is 11.6. The summed E-state index contributed by atoms with van der Waals surface area (Å²) in [6.45, 7) is 2.00. The lowest BCUT2D eigenvalue weighted by Gasteiger charge is -2.09. The summed E-state index contributed by atoms with van der Waals surface area (Å²) in [6, 6.07) is 6.22. The molecule has 2 aromatic rings. The molecule has 2 heterocycles. The number of hydrogen-bond donors (Lipinski definition) is 3. The van der Waals surface area contributed by atoms with E-state index in [1.54, 1.807) is 18.3 Å². The van der Waals surface area contributed by atoms with Crippen LogP contribution in [0.3, 0.4) is 0 Å². The second kappa shape index (κ2) is 7.07. The zero-order valence-corrected chi connectivity index (χ0v) is 14.8. The van der Waals surface area contributed by atoms with Crippen molar-refractivity contribution in [3.8, 4) is 0 Å². The maximum atomic E-state index is 10.7. The average molecular weight is 377 g/mol. The first-order chi connectivity index (χ1) is 11.9. The van der Waals surface area contributed by atoms with Crippen LogP contribution in [-0.2, 0) is 0 Å². The lowest BCUT2D eigenvalue weighted by atomic mass is 10.2. The third-order valence-corrected chi connectivity index (χ3v) is 5.80. The Balaban J connectivity index is 1.69. The summed E-state index contributed by atoms with van der Waals surface area (Å²) in [5.74, 6) is -0.0102. The molecule has 0 aliphatic carbocycles. The number of benzene rings is 1. The van der Waals surface area contributed by atoms with E-state index in [-0.39, 0.29) is 22.9 Å². The van der Waals surface area contributed by atoms with Gasteiger partial charge in [0.15, 0.2) is 16.3 Å². The van der Waals surface area contributed by atoms with Crippen molar-refractivity contribution in [1.82, 2.24) is 4.98 Å². The van der Waals surface area contributed by atoms with Crippen molar-refractivity contribution in [2.24, 2.45) is 21.5 Å². The second-order valence-corrected chi connectivity index (χ2v) is 7.40. The van der Waals surface area contributed by atoms with Crippen LogP contribution in [0.15, 0.2) is 40.4 Å². The van der Waals surface area contributed by atoms with Crippen molar-refractivity contribution >= 4 is 50.7 Å². The summed E-state index contributed by atoms with van der Waals surface area (Å²) in [7, 11) is 0. The van der Waals surface area contributed by atoms with Crippen molar-refractivity contribution in [2.75, 3.05) is 5.32 Å². The fourth-order valence-corrected chi connectivity index (χ4v) is 4.46. The summed E-state index contributed by atoms with van der Waals surface area (Å²) < 4.78 is 0. The number of rotatable bonds is 4. The van der Waals surface area contributed by atoms with Gasteiger partial charge in [0, 0.05) is 28.9 Å². The number of nitrogens with one attached hydrogen (secondary N) is 1. The largest absolute Gasteiger partial charge is 0.370 e. The number of nitrogens with two attached hydrogens (primary N) is 2. The molecule has 1 aliphatic rings. The van der Waals surface area contributed by atoms with E-state index in [0.717, 1.165) is 10.6 Å². The molecule has 0 fully saturated rings. The first kappa shape index (κ1) is 17.2. The van der Waals surface area contributed by atoms with Crippen LogP contribution in [0.25, 0.3) is 0 Å². The molecule has 1 aromatic heterocycles. The number of non-ortho nitro benzene ring substituents is 1. The molecule has 3 rings (SSSR count). The minimum Gasteiger partial charge on any atom is -0.370 e. The van der Waals surface area contributed by atoms with Crippen molar-refractivity contribution < 1.29 is 4.92 Å². The molecule has 0 spiro atoms. The van der Waals surface area contributed by atoms with Crippen LogP contribution in [0.1, 0.15) is 17.1 Å². The number of aliphatic imine (C=N–C) groups is 2. The molecule has 5 N–H and O–H groups in total. The molecule has 1 aliphatic heterocycles. The average Bonchev–Trinajstić information content (AvgIpc) is 3.13. The summed E-state index contributed by atoms with van der Waals surface area (Å²) in [5, 5.41) is 15.2. The summed E-state index contributed by atoms with van der Waals surface area (Å²) in [4.78, 5) is 24.1. The fourth-order valence-electron chi connectivity index (χ4n) is 2.21. The quantitative estimate of drug-likeness (QED) is 0.321. The highest BCUT2D eigenvalue weighted by Crippen LogP contribution is 2.43. The van der Waals surface area contributed by atoms with E-state index in [9.17, 15) is 10.1 Å². The Kier molecular flexibility index (Phi) is 4.86. The molecule has 130 valence electrons. The van der Waals surface area contributed by atoms with Gasteiger partial charge in [-0.1, -0.05) is 11.8 Å². The second-order valence-electron chi connectivity index (χ2n) is 5.22. The van der Waals surface area contributed by atoms with E-state index < -0.39 is 4.92 Å². The van der Waals surface area contributed by atoms with Crippen molar-refractivity contribution in [1.29, 1.82) is 0 Å². The van der Waals surface area contributed by atoms with Crippen LogP contribution in [0.4, 0.5) is 16.5 Å². The van der Waals surface area contributed by atoms with E-state index in [1.165, 1.54) is 35.2 Å². The third-order valence-electron chi connectivity index (χ3n) is 3.34. The molecule has 0 saturated carbocycles. The maximum Gasteiger partial charge on any atom is 0.269 e. The van der Waals surface area contributed by atoms with Gasteiger partial charge in [0.2, 0.25) is 0 Å². The van der Waals surface area contributed by atoms with Gasteiger partial charge in [0.25, 0.3) is 5.69 Å². The molecular weight excluding hydrogens is 362 g/mol. The number of hydrogen-bond acceptors (Lipinski definition) is 8. The van der Waals surface area contributed by atoms with Crippen molar-refractivity contribution in [2.45, 2.75) is 18.2 Å². The van der Waals surface area contributed by atoms with Gasteiger partial charge < -0.3 is 16.8 Å². The van der Waals surface area contributed by atoms with E-state index in [2.05, 4.69) is 20.3 Å². The number of thiazole rings is 1. The molecule has 25 heavy (non-hydrogen) atoms. The fraction of sp³-hybridized carbons (Fsp3) is 0.214. The third kappa shape index (κ3) is 4.06. The molecule has 0 amide bonds. The molecule has 11 heteroatoms. The minimum absolute atomic E-state index is 0.0102. The molecule has 0 radical (unpaired) electrons. The Morgan fingerprint density at radius 3 is 2.72 bits per heavy atom. The Labute approximate surface area is 151 Å². The van der Waals surface area contributed by atoms with Crippen LogP contribution in [0, 0.1) is 10.1 Å². The van der Waals surface area contributed by atoms with Crippen LogP contribution in [0.5, 0.6) is 0 Å². The predicted octanol–water partition coefficient (Wildman–Crippen LogP) is 2.60. The highest BCUT2D eigenvalue weighted by atomic mass is 32.2. The number of thioether (sulfide) groups is 1. The molecule has 1 aromatic carbocycles. The van der Waals surface area contributed by atoms with E-state index in [0.29, 0.717) is 10.3 Å². The van der Waals surface area contributed by atoms with Gasteiger partial charge in [-0.3, -0.25) is 15.1 Å². The topological polar surface area (TPSA) is 145 Å². The lowest BCUT2D eigenvalue weighted by molar-refractivity contribution is -0.384. The van der Waals surface area contributed by atoms with Gasteiger partial charge in [-0.15, -0.1) is 11.3 Å². The molecule has 0 bridgehead atoms. The van der Waals surface area contributed by atoms with Crippen molar-refractivity contribution in [3.63, 3.8) is 0 Å². The van der Waals surface area contributed by atoms with Crippen LogP contribution < -0.4 is 16.8 Å². The summed E-state index contributed by atoms with van der Waals surface area (Å²) in [6.07, 6.45) is 1.79. The van der Waals surface area contributed by atoms with Gasteiger partial charge in [0.05, 0.1) is 16.2 Å². The van der Waals surface area contributed by atoms with Gasteiger partial charge >= 0.3 is 0 Å². The number of guanidine groups is 1. The van der Waals surface area contributed by atoms with E-state index in [4.69, 9.17) is 11.5 Å². The number of anilines is 2. The Hall–Kier alpha value is -2.66. The van der Waals surface area contributed by atoms with E-state index >= 15 is 0 Å². The first-order valence-electron chi connectivity index (χ1n) is 7.23. The first-order valence-corrected chi connectivity index (χ1v) is 8.93. The highest BCUT2D eigenvalue weighted by Gasteiger charge is 2.30. The van der Waals surface area contributed by atoms with E-state index in [1.807, 2.05) is 6.92 Å². The number of nitro groups is 1. The summed E-state index contributed by atoms with van der Waals surface area (Å²) >= 11 is 2.99. The highest BCUT2D eigenvalue weighted by molar-refractivity contribution is 8.14. The Morgan fingerprint density at radius 2 is 2.08 bits per heavy atom. The number of amidine groups is 1. The Morgan fingerprint density at radius 1 is 1.36 bits per heavy atom. The zero-order chi connectivity index (χ0) is 18.0. The molecule has 0 saturated heterocycles. The SMILES string of the molecule is CC1N=C(N=C(N)N)SC1c1cnc(Nc2ccc([N+](=O)[O-])cc2)s1. The smallest absolute Gasteiger partial charge is 0.269 e.